The van der Waals surface area contributed by atoms with Crippen LogP contribution in [0.25, 0.3) is 0 Å². The molecule has 1 aliphatic heterocycles. The summed E-state index contributed by atoms with van der Waals surface area (Å²) in [6, 6.07) is 11.0. The van der Waals surface area contributed by atoms with Crippen LogP contribution in [0.3, 0.4) is 0 Å². The molecule has 6 heteroatoms. The summed E-state index contributed by atoms with van der Waals surface area (Å²) in [6.07, 6.45) is 4.04. The van der Waals surface area contributed by atoms with Gasteiger partial charge in [0.2, 0.25) is 0 Å². The summed E-state index contributed by atoms with van der Waals surface area (Å²) in [5.74, 6) is 0.570. The normalized spacial score (nSPS) is 17.0. The van der Waals surface area contributed by atoms with E-state index in [1.165, 1.54) is 0 Å². The third kappa shape index (κ3) is 4.53. The van der Waals surface area contributed by atoms with Crippen LogP contribution in [0.2, 0.25) is 0 Å². The largest absolute Gasteiger partial charge is 0.376 e. The van der Waals surface area contributed by atoms with Gasteiger partial charge in [-0.2, -0.15) is 0 Å². The quantitative estimate of drug-likeness (QED) is 0.836. The fraction of sp³-hybridized carbons (Fsp3) is 0.294. The fourth-order valence-corrected chi connectivity index (χ4v) is 2.83. The van der Waals surface area contributed by atoms with Gasteiger partial charge in [-0.15, -0.1) is 0 Å². The van der Waals surface area contributed by atoms with Gasteiger partial charge in [-0.1, -0.05) is 22.0 Å². The van der Waals surface area contributed by atoms with Crippen LogP contribution in [0.5, 0.6) is 0 Å². The number of carbonyl (C=O) groups is 1. The van der Waals surface area contributed by atoms with Gasteiger partial charge >= 0.3 is 0 Å². The van der Waals surface area contributed by atoms with Crippen LogP contribution in [-0.4, -0.2) is 30.1 Å². The average molecular weight is 376 g/mol. The van der Waals surface area contributed by atoms with E-state index in [9.17, 15) is 4.79 Å². The molecule has 1 atom stereocenters. The second kappa shape index (κ2) is 7.57. The number of nitrogens with zero attached hydrogens (tertiary/aromatic N) is 1. The lowest BCUT2D eigenvalue weighted by Crippen LogP contribution is -2.19. The molecule has 1 aliphatic rings. The third-order valence-electron chi connectivity index (χ3n) is 3.64. The molecule has 1 aromatic heterocycles. The molecule has 5 nitrogen and oxygen atoms in total. The van der Waals surface area contributed by atoms with Crippen molar-refractivity contribution in [2.75, 3.05) is 23.8 Å². The molecule has 3 rings (SSSR count). The van der Waals surface area contributed by atoms with Crippen LogP contribution in [0.15, 0.2) is 47.1 Å². The lowest BCUT2D eigenvalue weighted by Gasteiger charge is -2.11. The van der Waals surface area contributed by atoms with Crippen LogP contribution >= 0.6 is 15.9 Å². The monoisotopic (exact) mass is 375 g/mol. The number of benzene rings is 1. The zero-order chi connectivity index (χ0) is 16.1. The molecule has 0 saturated carbocycles. The topological polar surface area (TPSA) is 63.2 Å². The Hall–Kier alpha value is -1.92. The molecule has 1 fully saturated rings. The fourth-order valence-electron chi connectivity index (χ4n) is 2.43. The maximum atomic E-state index is 12.2. The van der Waals surface area contributed by atoms with Crippen LogP contribution in [0.4, 0.5) is 11.5 Å². The highest BCUT2D eigenvalue weighted by atomic mass is 79.9. The Balaban J connectivity index is 1.56. The molecule has 0 spiro atoms. The zero-order valence-corrected chi connectivity index (χ0v) is 14.2. The number of hydrogen-bond acceptors (Lipinski definition) is 4. The van der Waals surface area contributed by atoms with E-state index >= 15 is 0 Å². The number of nitrogens with one attached hydrogen (secondary N) is 2. The molecule has 23 heavy (non-hydrogen) atoms. The van der Waals surface area contributed by atoms with Gasteiger partial charge < -0.3 is 15.4 Å². The number of pyridine rings is 1. The predicted octanol–water partition coefficient (Wildman–Crippen LogP) is 3.69. The molecule has 0 aliphatic carbocycles. The summed E-state index contributed by atoms with van der Waals surface area (Å²) >= 11 is 3.38. The second-order valence-corrected chi connectivity index (χ2v) is 6.33. The number of halogens is 1. The van der Waals surface area contributed by atoms with Gasteiger partial charge in [0.25, 0.3) is 5.91 Å². The van der Waals surface area contributed by atoms with Gasteiger partial charge in [-0.25, -0.2) is 4.98 Å². The van der Waals surface area contributed by atoms with Crippen molar-refractivity contribution in [1.82, 2.24) is 4.98 Å². The number of rotatable bonds is 5. The van der Waals surface area contributed by atoms with E-state index in [4.69, 9.17) is 4.74 Å². The molecular weight excluding hydrogens is 358 g/mol. The first-order valence-electron chi connectivity index (χ1n) is 7.59. The van der Waals surface area contributed by atoms with Gasteiger partial charge in [0.05, 0.1) is 11.7 Å². The molecular formula is C17H18BrN3O2. The standard InChI is InChI=1S/C17H18BrN3O2/c18-13-3-1-4-14(9-13)21-17(22)12-6-7-16(19-10-12)20-11-15-5-2-8-23-15/h1,3-4,6-7,9-10,15H,2,5,8,11H2,(H,19,20)(H,21,22). The summed E-state index contributed by atoms with van der Waals surface area (Å²) in [7, 11) is 0. The van der Waals surface area contributed by atoms with Crippen molar-refractivity contribution in [3.8, 4) is 0 Å². The Morgan fingerprint density at radius 2 is 2.26 bits per heavy atom. The summed E-state index contributed by atoms with van der Waals surface area (Å²) in [4.78, 5) is 16.5. The van der Waals surface area contributed by atoms with Crippen molar-refractivity contribution < 1.29 is 9.53 Å². The van der Waals surface area contributed by atoms with Crippen LogP contribution < -0.4 is 10.6 Å². The van der Waals surface area contributed by atoms with Gasteiger partial charge in [-0.05, 0) is 43.2 Å². The summed E-state index contributed by atoms with van der Waals surface area (Å²) in [5, 5.41) is 6.08. The highest BCUT2D eigenvalue weighted by Crippen LogP contribution is 2.17. The number of ether oxygens (including phenoxy) is 1. The number of carbonyl (C=O) groups excluding carboxylic acids is 1. The van der Waals surface area contributed by atoms with Crippen molar-refractivity contribution in [3.05, 3.63) is 52.6 Å². The predicted molar refractivity (Wildman–Crippen MR) is 93.8 cm³/mol. The SMILES string of the molecule is O=C(Nc1cccc(Br)c1)c1ccc(NCC2CCCO2)nc1. The first kappa shape index (κ1) is 16.0. The Morgan fingerprint density at radius 1 is 1.35 bits per heavy atom. The molecule has 120 valence electrons. The first-order chi connectivity index (χ1) is 11.2. The van der Waals surface area contributed by atoms with E-state index in [0.29, 0.717) is 5.56 Å². The molecule has 1 unspecified atom stereocenters. The van der Waals surface area contributed by atoms with Crippen LogP contribution in [0.1, 0.15) is 23.2 Å². The van der Waals surface area contributed by atoms with E-state index in [-0.39, 0.29) is 12.0 Å². The zero-order valence-electron chi connectivity index (χ0n) is 12.6. The minimum absolute atomic E-state index is 0.179. The lowest BCUT2D eigenvalue weighted by molar-refractivity contribution is 0.102. The van der Waals surface area contributed by atoms with Gasteiger partial charge in [0.1, 0.15) is 5.82 Å². The molecule has 2 heterocycles. The molecule has 2 N–H and O–H groups in total. The lowest BCUT2D eigenvalue weighted by atomic mass is 10.2. The summed E-state index contributed by atoms with van der Waals surface area (Å²) < 4.78 is 6.47. The first-order valence-corrected chi connectivity index (χ1v) is 8.38. The van der Waals surface area contributed by atoms with Crippen molar-refractivity contribution in [1.29, 1.82) is 0 Å². The number of anilines is 2. The molecule has 2 aromatic rings. The highest BCUT2D eigenvalue weighted by Gasteiger charge is 2.15. The average Bonchev–Trinajstić information content (AvgIpc) is 3.07. The highest BCUT2D eigenvalue weighted by molar-refractivity contribution is 9.10. The minimum Gasteiger partial charge on any atom is -0.376 e. The van der Waals surface area contributed by atoms with E-state index in [1.54, 1.807) is 12.3 Å². The maximum Gasteiger partial charge on any atom is 0.257 e. The molecule has 1 aromatic carbocycles. The van der Waals surface area contributed by atoms with Crippen molar-refractivity contribution in [2.45, 2.75) is 18.9 Å². The summed E-state index contributed by atoms with van der Waals surface area (Å²) in [6.45, 7) is 1.59. The van der Waals surface area contributed by atoms with E-state index in [1.807, 2.05) is 30.3 Å². The van der Waals surface area contributed by atoms with Gasteiger partial charge in [-0.3, -0.25) is 4.79 Å². The summed E-state index contributed by atoms with van der Waals surface area (Å²) in [5.41, 5.74) is 1.26. The van der Waals surface area contributed by atoms with E-state index in [0.717, 1.165) is 42.0 Å². The van der Waals surface area contributed by atoms with Crippen molar-refractivity contribution in [2.24, 2.45) is 0 Å². The Morgan fingerprint density at radius 3 is 2.96 bits per heavy atom. The number of amides is 1. The smallest absolute Gasteiger partial charge is 0.257 e. The molecule has 1 amide bonds. The number of hydrogen-bond donors (Lipinski definition) is 2. The van der Waals surface area contributed by atoms with Gasteiger partial charge in [0.15, 0.2) is 0 Å². The minimum atomic E-state index is -0.179. The Bertz CT molecular complexity index is 670. The maximum absolute atomic E-state index is 12.2. The molecule has 1 saturated heterocycles. The van der Waals surface area contributed by atoms with Gasteiger partial charge in [0, 0.05) is 29.5 Å². The molecule has 0 bridgehead atoms. The Kier molecular flexibility index (Phi) is 5.25. The van der Waals surface area contributed by atoms with E-state index < -0.39 is 0 Å². The van der Waals surface area contributed by atoms with Crippen LogP contribution in [0, 0.1) is 0 Å². The number of aromatic nitrogens is 1. The Labute approximate surface area is 143 Å². The molecule has 0 radical (unpaired) electrons. The van der Waals surface area contributed by atoms with Crippen molar-refractivity contribution >= 4 is 33.3 Å². The van der Waals surface area contributed by atoms with Crippen molar-refractivity contribution in [3.63, 3.8) is 0 Å². The van der Waals surface area contributed by atoms with Crippen LogP contribution in [-0.2, 0) is 4.74 Å². The third-order valence-corrected chi connectivity index (χ3v) is 4.14. The second-order valence-electron chi connectivity index (χ2n) is 5.41. The van der Waals surface area contributed by atoms with E-state index in [2.05, 4.69) is 31.5 Å².